The number of benzene rings is 2. The molecule has 0 spiro atoms. The SMILES string of the molecule is CC(=O)N1CCCc2cc(NC(=O)COc3ccccc3)ccc21. The molecule has 2 aromatic rings. The maximum atomic E-state index is 12.0. The maximum Gasteiger partial charge on any atom is 0.262 e. The molecular weight excluding hydrogens is 304 g/mol. The van der Waals surface area contributed by atoms with Crippen molar-refractivity contribution in [3.05, 3.63) is 54.1 Å². The molecule has 1 aliphatic heterocycles. The van der Waals surface area contributed by atoms with Crippen LogP contribution in [0.2, 0.25) is 0 Å². The van der Waals surface area contributed by atoms with E-state index in [1.54, 1.807) is 11.8 Å². The Labute approximate surface area is 141 Å². The Morgan fingerprint density at radius 1 is 1.17 bits per heavy atom. The number of anilines is 2. The number of rotatable bonds is 4. The van der Waals surface area contributed by atoms with Crippen LogP contribution in [-0.2, 0) is 16.0 Å². The minimum Gasteiger partial charge on any atom is -0.484 e. The Bertz CT molecular complexity index is 744. The van der Waals surface area contributed by atoms with Crippen LogP contribution in [0.15, 0.2) is 48.5 Å². The van der Waals surface area contributed by atoms with Crippen LogP contribution in [0.4, 0.5) is 11.4 Å². The molecule has 24 heavy (non-hydrogen) atoms. The second kappa shape index (κ2) is 7.17. The second-order valence-electron chi connectivity index (χ2n) is 5.77. The molecule has 124 valence electrons. The molecule has 1 aliphatic rings. The van der Waals surface area contributed by atoms with Gasteiger partial charge in [0.1, 0.15) is 5.75 Å². The lowest BCUT2D eigenvalue weighted by molar-refractivity contribution is -0.118. The summed E-state index contributed by atoms with van der Waals surface area (Å²) in [5, 5.41) is 2.84. The number of nitrogens with one attached hydrogen (secondary N) is 1. The zero-order valence-electron chi connectivity index (χ0n) is 13.6. The van der Waals surface area contributed by atoms with Crippen LogP contribution in [0.1, 0.15) is 18.9 Å². The average molecular weight is 324 g/mol. The fourth-order valence-corrected chi connectivity index (χ4v) is 2.86. The van der Waals surface area contributed by atoms with Gasteiger partial charge in [-0.15, -0.1) is 0 Å². The topological polar surface area (TPSA) is 58.6 Å². The van der Waals surface area contributed by atoms with Gasteiger partial charge in [0, 0.05) is 24.8 Å². The zero-order chi connectivity index (χ0) is 16.9. The fraction of sp³-hybridized carbons (Fsp3) is 0.263. The molecular formula is C19H20N2O3. The molecule has 0 aliphatic carbocycles. The summed E-state index contributed by atoms with van der Waals surface area (Å²) in [6, 6.07) is 14.9. The van der Waals surface area contributed by atoms with E-state index in [1.807, 2.05) is 48.5 Å². The van der Waals surface area contributed by atoms with E-state index in [0.717, 1.165) is 36.3 Å². The van der Waals surface area contributed by atoms with Gasteiger partial charge in [-0.2, -0.15) is 0 Å². The predicted octanol–water partition coefficient (Wildman–Crippen LogP) is 3.00. The summed E-state index contributed by atoms with van der Waals surface area (Å²) in [4.78, 5) is 25.5. The number of fused-ring (bicyclic) bond motifs is 1. The summed E-state index contributed by atoms with van der Waals surface area (Å²) in [6.07, 6.45) is 1.84. The minimum absolute atomic E-state index is 0.0410. The number of aryl methyl sites for hydroxylation is 1. The molecule has 0 fully saturated rings. The maximum absolute atomic E-state index is 12.0. The van der Waals surface area contributed by atoms with Crippen molar-refractivity contribution in [3.63, 3.8) is 0 Å². The van der Waals surface area contributed by atoms with Gasteiger partial charge < -0.3 is 15.0 Å². The summed E-state index contributed by atoms with van der Waals surface area (Å²) < 4.78 is 5.44. The van der Waals surface area contributed by atoms with Gasteiger partial charge in [0.05, 0.1) is 0 Å². The van der Waals surface area contributed by atoms with E-state index in [4.69, 9.17) is 4.74 Å². The molecule has 5 heteroatoms. The molecule has 0 atom stereocenters. The summed E-state index contributed by atoms with van der Waals surface area (Å²) in [6.45, 7) is 2.28. The molecule has 0 bridgehead atoms. The number of hydrogen-bond acceptors (Lipinski definition) is 3. The third-order valence-corrected chi connectivity index (χ3v) is 3.98. The molecule has 0 radical (unpaired) electrons. The standard InChI is InChI=1S/C19H20N2O3/c1-14(22)21-11-5-6-15-12-16(9-10-18(15)21)20-19(23)13-24-17-7-3-2-4-8-17/h2-4,7-10,12H,5-6,11,13H2,1H3,(H,20,23). The quantitative estimate of drug-likeness (QED) is 0.940. The largest absolute Gasteiger partial charge is 0.484 e. The first-order valence-corrected chi connectivity index (χ1v) is 8.02. The molecule has 0 saturated heterocycles. The summed E-state index contributed by atoms with van der Waals surface area (Å²) in [5.74, 6) is 0.497. The highest BCUT2D eigenvalue weighted by Gasteiger charge is 2.20. The van der Waals surface area contributed by atoms with E-state index >= 15 is 0 Å². The van der Waals surface area contributed by atoms with E-state index < -0.39 is 0 Å². The molecule has 3 rings (SSSR count). The Hall–Kier alpha value is -2.82. The molecule has 0 unspecified atom stereocenters. The van der Waals surface area contributed by atoms with Crippen molar-refractivity contribution in [1.82, 2.24) is 0 Å². The van der Waals surface area contributed by atoms with Crippen LogP contribution in [-0.4, -0.2) is 25.0 Å². The lowest BCUT2D eigenvalue weighted by Gasteiger charge is -2.29. The first-order chi connectivity index (χ1) is 11.6. The first-order valence-electron chi connectivity index (χ1n) is 8.02. The van der Waals surface area contributed by atoms with Gasteiger partial charge in [-0.05, 0) is 48.7 Å². The van der Waals surface area contributed by atoms with Crippen molar-refractivity contribution >= 4 is 23.2 Å². The second-order valence-corrected chi connectivity index (χ2v) is 5.77. The lowest BCUT2D eigenvalue weighted by Crippen LogP contribution is -2.33. The van der Waals surface area contributed by atoms with E-state index in [2.05, 4.69) is 5.32 Å². The van der Waals surface area contributed by atoms with Crippen molar-refractivity contribution in [2.45, 2.75) is 19.8 Å². The fourth-order valence-electron chi connectivity index (χ4n) is 2.86. The highest BCUT2D eigenvalue weighted by Crippen LogP contribution is 2.29. The van der Waals surface area contributed by atoms with Gasteiger partial charge in [0.25, 0.3) is 5.91 Å². The number of nitrogens with zero attached hydrogens (tertiary/aromatic N) is 1. The van der Waals surface area contributed by atoms with Crippen molar-refractivity contribution in [2.24, 2.45) is 0 Å². The molecule has 0 saturated carbocycles. The van der Waals surface area contributed by atoms with Gasteiger partial charge >= 0.3 is 0 Å². The number of ether oxygens (including phenoxy) is 1. The number of carbonyl (C=O) groups is 2. The van der Waals surface area contributed by atoms with E-state index in [1.165, 1.54) is 0 Å². The van der Waals surface area contributed by atoms with Crippen molar-refractivity contribution in [1.29, 1.82) is 0 Å². The van der Waals surface area contributed by atoms with Crippen LogP contribution in [0.5, 0.6) is 5.75 Å². The van der Waals surface area contributed by atoms with Gasteiger partial charge in [-0.25, -0.2) is 0 Å². The average Bonchev–Trinajstić information content (AvgIpc) is 2.60. The minimum atomic E-state index is -0.210. The third-order valence-electron chi connectivity index (χ3n) is 3.98. The van der Waals surface area contributed by atoms with E-state index in [0.29, 0.717) is 5.75 Å². The number of para-hydroxylation sites is 1. The summed E-state index contributed by atoms with van der Waals surface area (Å²) in [5.41, 5.74) is 2.74. The zero-order valence-corrected chi connectivity index (χ0v) is 13.6. The highest BCUT2D eigenvalue weighted by molar-refractivity contribution is 5.95. The van der Waals surface area contributed by atoms with E-state index in [-0.39, 0.29) is 18.4 Å². The summed E-state index contributed by atoms with van der Waals surface area (Å²) in [7, 11) is 0. The molecule has 1 N–H and O–H groups in total. The molecule has 0 aromatic heterocycles. The number of carbonyl (C=O) groups excluding carboxylic acids is 2. The first kappa shape index (κ1) is 16.1. The Morgan fingerprint density at radius 3 is 2.71 bits per heavy atom. The van der Waals surface area contributed by atoms with Crippen LogP contribution in [0.3, 0.4) is 0 Å². The molecule has 2 amide bonds. The van der Waals surface area contributed by atoms with Gasteiger partial charge in [-0.1, -0.05) is 18.2 Å². The van der Waals surface area contributed by atoms with Crippen molar-refractivity contribution in [2.75, 3.05) is 23.4 Å². The highest BCUT2D eigenvalue weighted by atomic mass is 16.5. The summed E-state index contributed by atoms with van der Waals surface area (Å²) >= 11 is 0. The van der Waals surface area contributed by atoms with Crippen LogP contribution < -0.4 is 15.0 Å². The van der Waals surface area contributed by atoms with Crippen LogP contribution in [0, 0.1) is 0 Å². The lowest BCUT2D eigenvalue weighted by atomic mass is 10.0. The molecule has 5 nitrogen and oxygen atoms in total. The van der Waals surface area contributed by atoms with Gasteiger partial charge in [0.15, 0.2) is 6.61 Å². The normalized spacial score (nSPS) is 13.1. The Morgan fingerprint density at radius 2 is 1.96 bits per heavy atom. The Kier molecular flexibility index (Phi) is 4.79. The molecule has 2 aromatic carbocycles. The molecule has 1 heterocycles. The number of hydrogen-bond donors (Lipinski definition) is 1. The smallest absolute Gasteiger partial charge is 0.262 e. The monoisotopic (exact) mass is 324 g/mol. The van der Waals surface area contributed by atoms with E-state index in [9.17, 15) is 9.59 Å². The Balaban J connectivity index is 1.63. The van der Waals surface area contributed by atoms with Gasteiger partial charge in [0.2, 0.25) is 5.91 Å². The predicted molar refractivity (Wildman–Crippen MR) is 93.4 cm³/mol. The third kappa shape index (κ3) is 3.74. The van der Waals surface area contributed by atoms with Gasteiger partial charge in [-0.3, -0.25) is 9.59 Å². The van der Waals surface area contributed by atoms with Crippen LogP contribution >= 0.6 is 0 Å². The van der Waals surface area contributed by atoms with Crippen LogP contribution in [0.25, 0.3) is 0 Å². The number of amides is 2. The van der Waals surface area contributed by atoms with Crippen molar-refractivity contribution < 1.29 is 14.3 Å². The van der Waals surface area contributed by atoms with Crippen molar-refractivity contribution in [3.8, 4) is 5.75 Å².